The van der Waals surface area contributed by atoms with E-state index in [-0.39, 0.29) is 30.2 Å². The molecule has 1 aliphatic carbocycles. The van der Waals surface area contributed by atoms with Crippen LogP contribution in [0.15, 0.2) is 18.2 Å². The topological polar surface area (TPSA) is 75.7 Å². The van der Waals surface area contributed by atoms with Crippen molar-refractivity contribution in [2.75, 3.05) is 11.5 Å². The van der Waals surface area contributed by atoms with Crippen LogP contribution in [0.5, 0.6) is 5.75 Å². The summed E-state index contributed by atoms with van der Waals surface area (Å²) < 4.78 is 5.52. The number of ether oxygens (including phenoxy) is 1. The Morgan fingerprint density at radius 1 is 1.00 bits per heavy atom. The Bertz CT molecular complexity index is 780. The number of carbonyl (C=O) groups excluding carboxylic acids is 3. The van der Waals surface area contributed by atoms with Gasteiger partial charge >= 0.3 is 0 Å². The Morgan fingerprint density at radius 3 is 2.16 bits per heavy atom. The van der Waals surface area contributed by atoms with Gasteiger partial charge in [-0.05, 0) is 44.9 Å². The van der Waals surface area contributed by atoms with Gasteiger partial charge in [-0.2, -0.15) is 0 Å². The van der Waals surface area contributed by atoms with E-state index in [9.17, 15) is 14.4 Å². The number of hydrogen-bond acceptors (Lipinski definition) is 4. The van der Waals surface area contributed by atoms with Gasteiger partial charge in [-0.15, -0.1) is 0 Å². The fourth-order valence-corrected chi connectivity index (χ4v) is 4.56. The molecule has 170 valence electrons. The van der Waals surface area contributed by atoms with Gasteiger partial charge in [-0.1, -0.05) is 57.8 Å². The standard InChI is InChI=1S/C25H36N2O4/c1-18(25(30)26-21-12-10-8-6-4-3-5-7-9-11-13-21)27-22-16-20(19(2)28)14-15-23(22)31-17-24(27)29/h14-16,18,21H,3-13,17H2,1-2H3,(H,26,30). The summed E-state index contributed by atoms with van der Waals surface area (Å²) in [6.45, 7) is 3.13. The molecule has 2 amide bonds. The van der Waals surface area contributed by atoms with Crippen LogP contribution >= 0.6 is 0 Å². The zero-order valence-electron chi connectivity index (χ0n) is 19.0. The van der Waals surface area contributed by atoms with Gasteiger partial charge in [0.1, 0.15) is 11.8 Å². The third kappa shape index (κ3) is 6.31. The number of ketones is 1. The summed E-state index contributed by atoms with van der Waals surface area (Å²) >= 11 is 0. The summed E-state index contributed by atoms with van der Waals surface area (Å²) in [5.41, 5.74) is 0.985. The molecule has 0 saturated heterocycles. The van der Waals surface area contributed by atoms with E-state index in [1.54, 1.807) is 25.1 Å². The number of nitrogens with one attached hydrogen (secondary N) is 1. The molecule has 1 atom stereocenters. The van der Waals surface area contributed by atoms with Crippen molar-refractivity contribution >= 4 is 23.3 Å². The van der Waals surface area contributed by atoms with Crippen LogP contribution in [0.25, 0.3) is 0 Å². The highest BCUT2D eigenvalue weighted by molar-refractivity contribution is 6.05. The van der Waals surface area contributed by atoms with Gasteiger partial charge in [-0.3, -0.25) is 19.3 Å². The minimum atomic E-state index is -0.668. The van der Waals surface area contributed by atoms with Gasteiger partial charge in [0.15, 0.2) is 12.4 Å². The molecule has 0 spiro atoms. The number of amides is 2. The van der Waals surface area contributed by atoms with Crippen molar-refractivity contribution in [3.8, 4) is 5.75 Å². The van der Waals surface area contributed by atoms with E-state index in [1.165, 1.54) is 56.8 Å². The van der Waals surface area contributed by atoms with Gasteiger partial charge in [-0.25, -0.2) is 0 Å². The quantitative estimate of drug-likeness (QED) is 0.700. The molecule has 1 N–H and O–H groups in total. The third-order valence-electron chi connectivity index (χ3n) is 6.46. The molecule has 0 aromatic heterocycles. The van der Waals surface area contributed by atoms with Gasteiger partial charge in [0.05, 0.1) is 5.69 Å². The number of fused-ring (bicyclic) bond motifs is 1. The second kappa shape index (κ2) is 11.3. The molecule has 1 aliphatic heterocycles. The number of Topliss-reactive ketones (excluding diaryl/α,β-unsaturated/α-hetero) is 1. The monoisotopic (exact) mass is 428 g/mol. The summed E-state index contributed by atoms with van der Waals surface area (Å²) in [5.74, 6) is 0.0161. The van der Waals surface area contributed by atoms with E-state index in [0.29, 0.717) is 17.0 Å². The average molecular weight is 429 g/mol. The van der Waals surface area contributed by atoms with Crippen LogP contribution in [-0.4, -0.2) is 36.3 Å². The van der Waals surface area contributed by atoms with Crippen molar-refractivity contribution < 1.29 is 19.1 Å². The summed E-state index contributed by atoms with van der Waals surface area (Å²) in [6.07, 6.45) is 13.2. The molecule has 1 aromatic carbocycles. The van der Waals surface area contributed by atoms with Gasteiger partial charge in [0, 0.05) is 11.6 Å². The second-order valence-corrected chi connectivity index (χ2v) is 8.93. The van der Waals surface area contributed by atoms with Crippen LogP contribution in [0.3, 0.4) is 0 Å². The van der Waals surface area contributed by atoms with E-state index in [4.69, 9.17) is 4.74 Å². The highest BCUT2D eigenvalue weighted by Gasteiger charge is 2.34. The Morgan fingerprint density at radius 2 is 1.58 bits per heavy atom. The molecule has 6 nitrogen and oxygen atoms in total. The normalized spacial score (nSPS) is 19.9. The molecule has 1 saturated carbocycles. The van der Waals surface area contributed by atoms with Gasteiger partial charge < -0.3 is 10.1 Å². The number of hydrogen-bond donors (Lipinski definition) is 1. The largest absolute Gasteiger partial charge is 0.482 e. The minimum absolute atomic E-state index is 0.0916. The Hall–Kier alpha value is -2.37. The average Bonchev–Trinajstić information content (AvgIpc) is 2.74. The molecule has 1 unspecified atom stereocenters. The third-order valence-corrected chi connectivity index (χ3v) is 6.46. The molecule has 1 aromatic rings. The molecular formula is C25H36N2O4. The molecule has 0 bridgehead atoms. The first kappa shape index (κ1) is 23.3. The number of rotatable bonds is 4. The van der Waals surface area contributed by atoms with E-state index < -0.39 is 6.04 Å². The fourth-order valence-electron chi connectivity index (χ4n) is 4.56. The molecule has 31 heavy (non-hydrogen) atoms. The lowest BCUT2D eigenvalue weighted by Gasteiger charge is -2.34. The van der Waals surface area contributed by atoms with Crippen LogP contribution in [-0.2, 0) is 9.59 Å². The van der Waals surface area contributed by atoms with Crippen molar-refractivity contribution in [1.82, 2.24) is 5.32 Å². The summed E-state index contributed by atoms with van der Waals surface area (Å²) in [4.78, 5) is 39.1. The van der Waals surface area contributed by atoms with Crippen molar-refractivity contribution in [2.24, 2.45) is 0 Å². The smallest absolute Gasteiger partial charge is 0.265 e. The lowest BCUT2D eigenvalue weighted by atomic mass is 9.97. The molecular weight excluding hydrogens is 392 g/mol. The maximum atomic E-state index is 13.1. The van der Waals surface area contributed by atoms with Crippen LogP contribution in [0.1, 0.15) is 94.8 Å². The van der Waals surface area contributed by atoms with E-state index in [0.717, 1.165) is 25.7 Å². The summed E-state index contributed by atoms with van der Waals surface area (Å²) in [7, 11) is 0. The van der Waals surface area contributed by atoms with E-state index >= 15 is 0 Å². The number of carbonyl (C=O) groups is 3. The SMILES string of the molecule is CC(=O)c1ccc2c(c1)N(C(C)C(=O)NC1CCCCCCCCCCC1)C(=O)CO2. The Balaban J connectivity index is 1.70. The van der Waals surface area contributed by atoms with E-state index in [1.807, 2.05) is 0 Å². The number of benzene rings is 1. The first-order valence-corrected chi connectivity index (χ1v) is 11.9. The van der Waals surface area contributed by atoms with Gasteiger partial charge in [0.25, 0.3) is 5.91 Å². The maximum absolute atomic E-state index is 13.1. The number of anilines is 1. The maximum Gasteiger partial charge on any atom is 0.265 e. The number of nitrogens with zero attached hydrogens (tertiary/aromatic N) is 1. The molecule has 1 fully saturated rings. The first-order chi connectivity index (χ1) is 15.0. The zero-order chi connectivity index (χ0) is 22.2. The summed E-state index contributed by atoms with van der Waals surface area (Å²) in [6, 6.07) is 4.51. The Labute approximate surface area is 185 Å². The van der Waals surface area contributed by atoms with Crippen molar-refractivity contribution in [2.45, 2.75) is 96.6 Å². The second-order valence-electron chi connectivity index (χ2n) is 8.93. The van der Waals surface area contributed by atoms with E-state index in [2.05, 4.69) is 5.32 Å². The lowest BCUT2D eigenvalue weighted by molar-refractivity contribution is -0.128. The molecule has 1 heterocycles. The van der Waals surface area contributed by atoms with Crippen molar-refractivity contribution in [3.05, 3.63) is 23.8 Å². The summed E-state index contributed by atoms with van der Waals surface area (Å²) in [5, 5.41) is 3.22. The van der Waals surface area contributed by atoms with Gasteiger partial charge in [0.2, 0.25) is 5.91 Å². The molecule has 2 aliphatic rings. The van der Waals surface area contributed by atoms with Crippen molar-refractivity contribution in [1.29, 1.82) is 0 Å². The lowest BCUT2D eigenvalue weighted by Crippen LogP contribution is -2.53. The predicted molar refractivity (Wildman–Crippen MR) is 122 cm³/mol. The first-order valence-electron chi connectivity index (χ1n) is 11.9. The predicted octanol–water partition coefficient (Wildman–Crippen LogP) is 4.79. The zero-order valence-corrected chi connectivity index (χ0v) is 19.0. The van der Waals surface area contributed by atoms with Crippen LogP contribution in [0.4, 0.5) is 5.69 Å². The molecule has 6 heteroatoms. The van der Waals surface area contributed by atoms with Crippen LogP contribution in [0.2, 0.25) is 0 Å². The molecule has 0 radical (unpaired) electrons. The minimum Gasteiger partial charge on any atom is -0.482 e. The highest BCUT2D eigenvalue weighted by Crippen LogP contribution is 2.34. The van der Waals surface area contributed by atoms with Crippen molar-refractivity contribution in [3.63, 3.8) is 0 Å². The highest BCUT2D eigenvalue weighted by atomic mass is 16.5. The Kier molecular flexibility index (Phi) is 8.50. The van der Waals surface area contributed by atoms with Crippen LogP contribution in [0, 0.1) is 0 Å². The molecule has 3 rings (SSSR count). The van der Waals surface area contributed by atoms with Crippen LogP contribution < -0.4 is 15.0 Å². The fraction of sp³-hybridized carbons (Fsp3) is 0.640.